The molecule has 7 heteroatoms. The fourth-order valence-corrected chi connectivity index (χ4v) is 1.96. The van der Waals surface area contributed by atoms with Gasteiger partial charge < -0.3 is 0 Å². The van der Waals surface area contributed by atoms with E-state index in [0.717, 1.165) is 4.31 Å². The van der Waals surface area contributed by atoms with E-state index in [-0.39, 0.29) is 16.4 Å². The quantitative estimate of drug-likeness (QED) is 0.799. The van der Waals surface area contributed by atoms with Crippen LogP contribution >= 0.6 is 0 Å². The number of rotatable bonds is 4. The van der Waals surface area contributed by atoms with Crippen molar-refractivity contribution in [3.8, 4) is 0 Å². The fraction of sp³-hybridized carbons (Fsp3) is 0.333. The van der Waals surface area contributed by atoms with Crippen LogP contribution in [0, 0.1) is 4.91 Å². The number of hydrogen-bond acceptors (Lipinski definition) is 3. The lowest BCUT2D eigenvalue weighted by atomic mass is 10.2. The minimum Gasteiger partial charge on any atom is -0.241 e. The number of nitrogens with zero attached hydrogens (tertiary/aromatic N) is 2. The molecule has 16 heavy (non-hydrogen) atoms. The number of hydrogen-bond donors (Lipinski definition) is 1. The molecule has 1 aromatic rings. The van der Waals surface area contributed by atoms with E-state index in [0.29, 0.717) is 5.56 Å². The first kappa shape index (κ1) is 12.6. The summed E-state index contributed by atoms with van der Waals surface area (Å²) in [4.78, 5) is 10.3. The maximum atomic E-state index is 11.6. The highest BCUT2D eigenvalue weighted by molar-refractivity contribution is 7.88. The molecule has 1 N–H and O–H groups in total. The summed E-state index contributed by atoms with van der Waals surface area (Å²) in [5.74, 6) is -0.207. The summed E-state index contributed by atoms with van der Waals surface area (Å²) in [6, 6.07) is 5.80. The molecule has 0 aliphatic rings. The van der Waals surface area contributed by atoms with Gasteiger partial charge in [0.15, 0.2) is 0 Å². The Morgan fingerprint density at radius 1 is 1.38 bits per heavy atom. The molecule has 0 atom stereocenters. The lowest BCUT2D eigenvalue weighted by molar-refractivity contribution is -0.729. The van der Waals surface area contributed by atoms with Crippen molar-refractivity contribution in [2.24, 2.45) is 0 Å². The van der Waals surface area contributed by atoms with Gasteiger partial charge in [0.05, 0.1) is 10.7 Å². The summed E-state index contributed by atoms with van der Waals surface area (Å²) < 4.78 is 24.2. The van der Waals surface area contributed by atoms with Gasteiger partial charge in [-0.3, -0.25) is 0 Å². The van der Waals surface area contributed by atoms with Crippen LogP contribution in [0.5, 0.6) is 0 Å². The van der Waals surface area contributed by atoms with Crippen LogP contribution in [0.15, 0.2) is 24.3 Å². The van der Waals surface area contributed by atoms with E-state index in [1.165, 1.54) is 32.3 Å². The van der Waals surface area contributed by atoms with E-state index in [2.05, 4.69) is 0 Å². The highest BCUT2D eigenvalue weighted by atomic mass is 32.2. The summed E-state index contributed by atoms with van der Waals surface area (Å²) in [6.45, 7) is 0. The monoisotopic (exact) mass is 245 g/mol. The van der Waals surface area contributed by atoms with E-state index in [1.807, 2.05) is 0 Å². The molecule has 0 fully saturated rings. The molecule has 0 aliphatic carbocycles. The van der Waals surface area contributed by atoms with Crippen molar-refractivity contribution in [1.82, 2.24) is 4.31 Å². The zero-order valence-electron chi connectivity index (χ0n) is 8.99. The molecule has 0 aromatic heterocycles. The van der Waals surface area contributed by atoms with Gasteiger partial charge in [-0.15, -0.1) is 0 Å². The van der Waals surface area contributed by atoms with Gasteiger partial charge in [0.2, 0.25) is 10.0 Å². The Morgan fingerprint density at radius 3 is 2.50 bits per heavy atom. The first-order valence-electron chi connectivity index (χ1n) is 4.48. The predicted octanol–water partition coefficient (Wildman–Crippen LogP) is 0.878. The normalized spacial score (nSPS) is 11.7. The Morgan fingerprint density at radius 2 is 2.00 bits per heavy atom. The van der Waals surface area contributed by atoms with E-state index < -0.39 is 10.0 Å². The van der Waals surface area contributed by atoms with Crippen LogP contribution in [0.25, 0.3) is 0 Å². The zero-order chi connectivity index (χ0) is 12.3. The summed E-state index contributed by atoms with van der Waals surface area (Å²) in [5, 5.41) is 8.67. The second-order valence-corrected chi connectivity index (χ2v) is 5.66. The Kier molecular flexibility index (Phi) is 3.61. The molecule has 0 unspecified atom stereocenters. The number of benzene rings is 1. The highest BCUT2D eigenvalue weighted by Crippen LogP contribution is 2.15. The lowest BCUT2D eigenvalue weighted by Gasteiger charge is -2.10. The molecule has 0 heterocycles. The molecule has 6 nitrogen and oxygen atoms in total. The van der Waals surface area contributed by atoms with Gasteiger partial charge in [-0.25, -0.2) is 17.9 Å². The molecule has 0 radical (unpaired) electrons. The Balaban J connectivity index is 2.99. The first-order chi connectivity index (χ1) is 7.33. The first-order valence-corrected chi connectivity index (χ1v) is 6.09. The van der Waals surface area contributed by atoms with Crippen LogP contribution in [0.2, 0.25) is 0 Å². The second-order valence-electron chi connectivity index (χ2n) is 3.48. The molecule has 0 aliphatic heterocycles. The third kappa shape index (κ3) is 3.01. The van der Waals surface area contributed by atoms with Crippen molar-refractivity contribution < 1.29 is 18.5 Å². The molecule has 0 amide bonds. The van der Waals surface area contributed by atoms with Crippen molar-refractivity contribution in [2.75, 3.05) is 14.1 Å². The van der Waals surface area contributed by atoms with Crippen LogP contribution in [-0.4, -0.2) is 36.9 Å². The molecular weight excluding hydrogens is 232 g/mol. The van der Waals surface area contributed by atoms with E-state index in [1.54, 1.807) is 6.07 Å². The molecule has 0 saturated carbocycles. The third-order valence-corrected chi connectivity index (χ3v) is 3.85. The van der Waals surface area contributed by atoms with Crippen molar-refractivity contribution in [1.29, 1.82) is 0 Å². The average Bonchev–Trinajstić information content (AvgIpc) is 2.17. The molecule has 0 saturated heterocycles. The van der Waals surface area contributed by atoms with Gasteiger partial charge >= 0.3 is 5.69 Å². The maximum absolute atomic E-state index is 11.6. The molecule has 0 spiro atoms. The van der Waals surface area contributed by atoms with Gasteiger partial charge in [-0.1, -0.05) is 12.1 Å². The van der Waals surface area contributed by atoms with Crippen LogP contribution in [0.4, 0.5) is 5.69 Å². The van der Waals surface area contributed by atoms with Crippen LogP contribution in [0.1, 0.15) is 5.56 Å². The minimum absolute atomic E-state index is 0.00598. The summed E-state index contributed by atoms with van der Waals surface area (Å²) in [6.07, 6.45) is 0. The van der Waals surface area contributed by atoms with E-state index >= 15 is 0 Å². The highest BCUT2D eigenvalue weighted by Gasteiger charge is 2.17. The lowest BCUT2D eigenvalue weighted by Crippen LogP contribution is -2.23. The largest absolute Gasteiger partial charge is 0.316 e. The van der Waals surface area contributed by atoms with Crippen molar-refractivity contribution >= 4 is 15.7 Å². The molecular formula is C9H13N2O4S+. The predicted molar refractivity (Wildman–Crippen MR) is 57.8 cm³/mol. The van der Waals surface area contributed by atoms with Crippen molar-refractivity contribution in [2.45, 2.75) is 5.75 Å². The summed E-state index contributed by atoms with van der Waals surface area (Å²) in [5.41, 5.74) is 0.451. The Bertz CT molecular complexity index is 496. The van der Waals surface area contributed by atoms with E-state index in [9.17, 15) is 13.3 Å². The van der Waals surface area contributed by atoms with Crippen molar-refractivity contribution in [3.63, 3.8) is 0 Å². The molecule has 88 valence electrons. The van der Waals surface area contributed by atoms with Gasteiger partial charge in [0.25, 0.3) is 4.92 Å². The molecule has 1 aromatic carbocycles. The SMILES string of the molecule is CN(C)S(=O)(=O)Cc1cccc([N+](=O)O)c1. The summed E-state index contributed by atoms with van der Waals surface area (Å²) >= 11 is 0. The summed E-state index contributed by atoms with van der Waals surface area (Å²) in [7, 11) is -0.491. The van der Waals surface area contributed by atoms with Gasteiger partial charge in [0.1, 0.15) is 0 Å². The number of sulfonamides is 1. The van der Waals surface area contributed by atoms with Gasteiger partial charge in [-0.2, -0.15) is 0 Å². The Hall–Kier alpha value is -1.47. The van der Waals surface area contributed by atoms with Gasteiger partial charge in [-0.05, 0) is 5.56 Å². The van der Waals surface area contributed by atoms with Crippen molar-refractivity contribution in [3.05, 3.63) is 34.7 Å². The smallest absolute Gasteiger partial charge is 0.241 e. The van der Waals surface area contributed by atoms with Crippen LogP contribution in [-0.2, 0) is 15.8 Å². The third-order valence-electron chi connectivity index (χ3n) is 2.04. The molecule has 1 rings (SSSR count). The van der Waals surface area contributed by atoms with E-state index in [4.69, 9.17) is 5.21 Å². The average molecular weight is 245 g/mol. The zero-order valence-corrected chi connectivity index (χ0v) is 9.81. The standard InChI is InChI=1S/C9H13N2O4S/c1-10(2)16(14,15)7-8-4-3-5-9(6-8)11(12)13/h3-6H,7H2,1-2H3,(H,12,13)/q+1. The van der Waals surface area contributed by atoms with Crippen LogP contribution in [0.3, 0.4) is 0 Å². The second kappa shape index (κ2) is 4.58. The topological polar surface area (TPSA) is 77.7 Å². The van der Waals surface area contributed by atoms with Crippen LogP contribution < -0.4 is 0 Å². The fourth-order valence-electron chi connectivity index (χ4n) is 1.10. The maximum Gasteiger partial charge on any atom is 0.316 e. The minimum atomic E-state index is -3.36. The molecule has 0 bridgehead atoms. The Labute approximate surface area is 93.7 Å². The van der Waals surface area contributed by atoms with Gasteiger partial charge in [0, 0.05) is 26.2 Å².